The van der Waals surface area contributed by atoms with Crippen molar-refractivity contribution in [2.45, 2.75) is 33.3 Å². The molecule has 0 radical (unpaired) electrons. The summed E-state index contributed by atoms with van der Waals surface area (Å²) < 4.78 is 122. The van der Waals surface area contributed by atoms with E-state index < -0.39 is 21.8 Å². The van der Waals surface area contributed by atoms with Crippen molar-refractivity contribution in [2.24, 2.45) is 5.92 Å². The maximum atomic E-state index is 11.3. The molecule has 166 valence electrons. The van der Waals surface area contributed by atoms with Crippen LogP contribution in [0.2, 0.25) is 0 Å². The summed E-state index contributed by atoms with van der Waals surface area (Å²) in [6.45, 7) is 9.46. The Hall–Kier alpha value is -1.38. The first-order valence-corrected chi connectivity index (χ1v) is 6.98. The van der Waals surface area contributed by atoms with Gasteiger partial charge in [-0.2, -0.15) is 0 Å². The van der Waals surface area contributed by atoms with Crippen LogP contribution in [0.15, 0.2) is 0 Å². The number of likely N-dealkylation sites (tertiary alicyclic amines) is 1. The summed E-state index contributed by atoms with van der Waals surface area (Å²) in [6.07, 6.45) is -0.180. The van der Waals surface area contributed by atoms with E-state index in [-0.39, 0.29) is 11.7 Å². The van der Waals surface area contributed by atoms with E-state index in [0.29, 0.717) is 5.92 Å². The molecule has 0 unspecified atom stereocenters. The van der Waals surface area contributed by atoms with Gasteiger partial charge in [-0.05, 0) is 26.7 Å². The van der Waals surface area contributed by atoms with Gasteiger partial charge in [0.2, 0.25) is 0 Å². The second-order valence-electron chi connectivity index (χ2n) is 5.98. The van der Waals surface area contributed by atoms with Crippen LogP contribution >= 0.6 is 0 Å². The molecule has 1 rings (SSSR count). The molecule has 0 aliphatic carbocycles. The van der Waals surface area contributed by atoms with Crippen LogP contribution in [0.25, 0.3) is 0 Å². The van der Waals surface area contributed by atoms with E-state index in [1.807, 2.05) is 20.8 Å². The summed E-state index contributed by atoms with van der Waals surface area (Å²) in [5, 5.41) is 0. The van der Waals surface area contributed by atoms with Crippen molar-refractivity contribution < 1.29 is 61.3 Å². The lowest BCUT2D eigenvalue weighted by Crippen LogP contribution is -2.50. The van der Waals surface area contributed by atoms with E-state index in [2.05, 4.69) is 6.92 Å². The average molecular weight is 432 g/mol. The number of nitrogens with zero attached hydrogens (tertiary/aromatic N) is 1. The summed E-state index contributed by atoms with van der Waals surface area (Å²) >= 11 is 0. The van der Waals surface area contributed by atoms with Gasteiger partial charge in [0.05, 0.1) is 0 Å². The molecule has 27 heavy (non-hydrogen) atoms. The summed E-state index contributed by atoms with van der Waals surface area (Å²) in [4.78, 5) is 13.0. The van der Waals surface area contributed by atoms with Gasteiger partial charge in [0.1, 0.15) is 5.60 Å². The van der Waals surface area contributed by atoms with Crippen molar-refractivity contribution in [1.29, 1.82) is 0 Å². The number of hydrogen-bond donors (Lipinski definition) is 0. The third-order valence-electron chi connectivity index (χ3n) is 1.72. The van der Waals surface area contributed by atoms with Crippen LogP contribution in [0.3, 0.4) is 0 Å². The SMILES string of the molecule is CC1CN(C(=O)OC(C)(C)C)C1.F[B-](F)(F)F.F[B-](F)(F)F.F[B-](F)(F)F. The highest BCUT2D eigenvalue weighted by Gasteiger charge is 2.30. The predicted molar refractivity (Wildman–Crippen MR) is 77.5 cm³/mol. The standard InChI is InChI=1S/C9H17NO2.3BF4/c1-7-5-10(6-7)8(11)12-9(2,3)4;3*2-1(3,4)5/h7H,5-6H2,1-4H3;;;/q;3*-1. The molecule has 18 heteroatoms. The molecule has 1 aliphatic heterocycles. The van der Waals surface area contributed by atoms with Gasteiger partial charge in [-0.1, -0.05) is 6.92 Å². The zero-order chi connectivity index (χ0) is 22.9. The second-order valence-corrected chi connectivity index (χ2v) is 5.98. The maximum absolute atomic E-state index is 11.3. The molecule has 0 aromatic rings. The fourth-order valence-corrected chi connectivity index (χ4v) is 1.17. The Balaban J connectivity index is -0.000000323. The van der Waals surface area contributed by atoms with Crippen molar-refractivity contribution in [1.82, 2.24) is 4.90 Å². The molecule has 1 amide bonds. The average Bonchev–Trinajstić information content (AvgIpc) is 2.14. The number of hydrogen-bond acceptors (Lipinski definition) is 2. The Kier molecular flexibility index (Phi) is 12.9. The van der Waals surface area contributed by atoms with Crippen LogP contribution in [-0.2, 0) is 4.74 Å². The van der Waals surface area contributed by atoms with Gasteiger partial charge in [-0.3, -0.25) is 0 Å². The minimum atomic E-state index is -6.00. The zero-order valence-electron chi connectivity index (χ0n) is 14.5. The van der Waals surface area contributed by atoms with Gasteiger partial charge in [0, 0.05) is 13.1 Å². The van der Waals surface area contributed by atoms with Crippen LogP contribution in [-0.4, -0.2) is 51.4 Å². The molecule has 0 saturated carbocycles. The third kappa shape index (κ3) is 51.6. The Morgan fingerprint density at radius 1 is 0.778 bits per heavy atom. The van der Waals surface area contributed by atoms with E-state index in [9.17, 15) is 56.6 Å². The first-order valence-electron chi connectivity index (χ1n) is 6.98. The molecule has 1 saturated heterocycles. The summed E-state index contributed by atoms with van der Waals surface area (Å²) in [7, 11) is -18.0. The van der Waals surface area contributed by atoms with Crippen molar-refractivity contribution >= 4 is 27.9 Å². The molecule has 1 heterocycles. The maximum Gasteiger partial charge on any atom is 0.673 e. The second kappa shape index (κ2) is 11.5. The van der Waals surface area contributed by atoms with Crippen molar-refractivity contribution in [3.63, 3.8) is 0 Å². The van der Waals surface area contributed by atoms with Crippen LogP contribution in [0.5, 0.6) is 0 Å². The summed E-state index contributed by atoms with van der Waals surface area (Å²) in [6, 6.07) is 0. The molecule has 0 aromatic carbocycles. The monoisotopic (exact) mass is 432 g/mol. The number of ether oxygens (including phenoxy) is 1. The lowest BCUT2D eigenvalue weighted by Gasteiger charge is -2.37. The highest BCUT2D eigenvalue weighted by molar-refractivity contribution is 6.50. The molecular formula is C9H17B3F12NO2-3. The van der Waals surface area contributed by atoms with Gasteiger partial charge >= 0.3 is 27.9 Å². The van der Waals surface area contributed by atoms with Gasteiger partial charge in [-0.15, -0.1) is 0 Å². The highest BCUT2D eigenvalue weighted by atomic mass is 19.5. The third-order valence-corrected chi connectivity index (χ3v) is 1.72. The minimum absolute atomic E-state index is 0.180. The molecule has 0 aromatic heterocycles. The Labute approximate surface area is 147 Å². The molecule has 3 nitrogen and oxygen atoms in total. The fourth-order valence-electron chi connectivity index (χ4n) is 1.17. The van der Waals surface area contributed by atoms with Gasteiger partial charge in [-0.25, -0.2) is 4.79 Å². The number of rotatable bonds is 0. The lowest BCUT2D eigenvalue weighted by molar-refractivity contribution is 0.00151. The smallest absolute Gasteiger partial charge is 0.444 e. The molecule has 1 fully saturated rings. The first kappa shape index (κ1) is 30.4. The van der Waals surface area contributed by atoms with Crippen molar-refractivity contribution in [2.75, 3.05) is 13.1 Å². The van der Waals surface area contributed by atoms with Gasteiger partial charge in [0.25, 0.3) is 0 Å². The van der Waals surface area contributed by atoms with Crippen molar-refractivity contribution in [3.05, 3.63) is 0 Å². The van der Waals surface area contributed by atoms with Crippen molar-refractivity contribution in [3.8, 4) is 0 Å². The van der Waals surface area contributed by atoms with E-state index in [1.54, 1.807) is 4.90 Å². The van der Waals surface area contributed by atoms with E-state index >= 15 is 0 Å². The number of halogens is 12. The molecule has 0 N–H and O–H groups in total. The van der Waals surface area contributed by atoms with E-state index in [4.69, 9.17) is 4.74 Å². The summed E-state index contributed by atoms with van der Waals surface area (Å²) in [5.74, 6) is 0.637. The molecule has 0 spiro atoms. The molecular weight excluding hydrogens is 415 g/mol. The first-order chi connectivity index (χ1) is 11.4. The normalized spacial score (nSPS) is 15.0. The lowest BCUT2D eigenvalue weighted by atomic mass is 10.0. The zero-order valence-corrected chi connectivity index (χ0v) is 14.5. The van der Waals surface area contributed by atoms with E-state index in [0.717, 1.165) is 13.1 Å². The Morgan fingerprint density at radius 3 is 1.15 bits per heavy atom. The minimum Gasteiger partial charge on any atom is -0.444 e. The number of carbonyl (C=O) groups is 1. The Morgan fingerprint density at radius 2 is 1.00 bits per heavy atom. The van der Waals surface area contributed by atoms with Gasteiger partial charge in [0.15, 0.2) is 0 Å². The summed E-state index contributed by atoms with van der Waals surface area (Å²) in [5.41, 5.74) is -0.365. The molecule has 1 aliphatic rings. The van der Waals surface area contributed by atoms with Gasteiger partial charge < -0.3 is 61.4 Å². The van der Waals surface area contributed by atoms with Crippen LogP contribution < -0.4 is 0 Å². The fraction of sp³-hybridized carbons (Fsp3) is 0.889. The topological polar surface area (TPSA) is 29.5 Å². The van der Waals surface area contributed by atoms with Crippen LogP contribution in [0.4, 0.5) is 56.6 Å². The Bertz CT molecular complexity index is 368. The van der Waals surface area contributed by atoms with E-state index in [1.165, 1.54) is 0 Å². The predicted octanol–water partition coefficient (Wildman–Crippen LogP) is 5.77. The largest absolute Gasteiger partial charge is 0.673 e. The number of amides is 1. The number of carbonyl (C=O) groups excluding carboxylic acids is 1. The quantitative estimate of drug-likeness (QED) is 0.360. The molecule has 0 bridgehead atoms. The van der Waals surface area contributed by atoms with Crippen LogP contribution in [0.1, 0.15) is 27.7 Å². The highest BCUT2D eigenvalue weighted by Crippen LogP contribution is 2.18. The molecule has 0 atom stereocenters. The van der Waals surface area contributed by atoms with Crippen LogP contribution in [0, 0.1) is 5.92 Å².